The molecule has 0 bridgehead atoms. The van der Waals surface area contributed by atoms with Crippen molar-refractivity contribution in [3.8, 4) is 0 Å². The minimum absolute atomic E-state index is 0.108. The summed E-state index contributed by atoms with van der Waals surface area (Å²) < 4.78 is 5.24. The predicted octanol–water partition coefficient (Wildman–Crippen LogP) is 2.89. The smallest absolute Gasteiger partial charge is 0.115 e. The number of rotatable bonds is 9. The number of unbranched alkanes of at least 4 members (excludes halogenated alkanes) is 6. The maximum atomic E-state index is 9.00. The van der Waals surface area contributed by atoms with Gasteiger partial charge in [-0.25, -0.2) is 0 Å². The Kier molecular flexibility index (Phi) is 5.49. The third-order valence-corrected chi connectivity index (χ3v) is 3.08. The molecular weight excluding hydrogens is 176 g/mol. The molecule has 1 aliphatic rings. The Morgan fingerprint density at radius 1 is 1.07 bits per heavy atom. The molecule has 0 radical (unpaired) electrons. The van der Waals surface area contributed by atoms with E-state index in [9.17, 15) is 0 Å². The largest absolute Gasteiger partial charge is 0.393 e. The first-order valence-electron chi connectivity index (χ1n) is 6.08. The average molecular weight is 200 g/mol. The average Bonchev–Trinajstić information content (AvgIpc) is 2.98. The minimum atomic E-state index is -0.108. The molecule has 0 saturated carbocycles. The van der Waals surface area contributed by atoms with Crippen molar-refractivity contribution >= 4 is 0 Å². The summed E-state index contributed by atoms with van der Waals surface area (Å²) in [6.45, 7) is 3.23. The molecule has 84 valence electrons. The number of hydrogen-bond donors (Lipinski definition) is 1. The van der Waals surface area contributed by atoms with Crippen molar-refractivity contribution in [1.82, 2.24) is 0 Å². The van der Waals surface area contributed by atoms with E-state index >= 15 is 0 Å². The fourth-order valence-corrected chi connectivity index (χ4v) is 1.82. The third-order valence-electron chi connectivity index (χ3n) is 3.08. The fraction of sp³-hybridized carbons (Fsp3) is 1.00. The standard InChI is InChI=1S/C12H24O2/c1-2-3-4-5-6-7-8-9-12(10-13)11-14-12/h13H,2-11H2,1H3/t12-/m0/s1. The van der Waals surface area contributed by atoms with Crippen molar-refractivity contribution in [1.29, 1.82) is 0 Å². The predicted molar refractivity (Wildman–Crippen MR) is 58.4 cm³/mol. The highest BCUT2D eigenvalue weighted by atomic mass is 16.6. The zero-order valence-electron chi connectivity index (χ0n) is 9.43. The molecule has 1 N–H and O–H groups in total. The molecule has 0 amide bonds. The lowest BCUT2D eigenvalue weighted by Gasteiger charge is -2.07. The van der Waals surface area contributed by atoms with Crippen molar-refractivity contribution in [2.75, 3.05) is 13.2 Å². The highest BCUT2D eigenvalue weighted by Crippen LogP contribution is 2.32. The van der Waals surface area contributed by atoms with Crippen molar-refractivity contribution in [2.24, 2.45) is 0 Å². The van der Waals surface area contributed by atoms with Gasteiger partial charge >= 0.3 is 0 Å². The van der Waals surface area contributed by atoms with E-state index in [0.717, 1.165) is 13.0 Å². The van der Waals surface area contributed by atoms with Gasteiger partial charge in [0.2, 0.25) is 0 Å². The summed E-state index contributed by atoms with van der Waals surface area (Å²) in [6, 6.07) is 0. The first-order chi connectivity index (χ1) is 6.83. The Morgan fingerprint density at radius 3 is 2.14 bits per heavy atom. The van der Waals surface area contributed by atoms with Crippen molar-refractivity contribution in [3.63, 3.8) is 0 Å². The van der Waals surface area contributed by atoms with E-state index in [2.05, 4.69) is 6.92 Å². The first kappa shape index (κ1) is 12.0. The second-order valence-corrected chi connectivity index (χ2v) is 4.50. The normalized spacial score (nSPS) is 25.3. The van der Waals surface area contributed by atoms with Crippen LogP contribution in [0.15, 0.2) is 0 Å². The summed E-state index contributed by atoms with van der Waals surface area (Å²) in [5, 5.41) is 9.00. The summed E-state index contributed by atoms with van der Waals surface area (Å²) >= 11 is 0. The van der Waals surface area contributed by atoms with Crippen LogP contribution in [0.25, 0.3) is 0 Å². The third kappa shape index (κ3) is 4.43. The molecule has 0 aromatic rings. The van der Waals surface area contributed by atoms with Crippen LogP contribution < -0.4 is 0 Å². The van der Waals surface area contributed by atoms with Crippen LogP contribution in [0.2, 0.25) is 0 Å². The maximum absolute atomic E-state index is 9.00. The van der Waals surface area contributed by atoms with E-state index in [-0.39, 0.29) is 12.2 Å². The van der Waals surface area contributed by atoms with Gasteiger partial charge in [-0.15, -0.1) is 0 Å². The Hall–Kier alpha value is -0.0800. The highest BCUT2D eigenvalue weighted by molar-refractivity contribution is 4.90. The molecular formula is C12H24O2. The van der Waals surface area contributed by atoms with Crippen molar-refractivity contribution in [3.05, 3.63) is 0 Å². The lowest BCUT2D eigenvalue weighted by atomic mass is 10.0. The Bertz CT molecular complexity index is 141. The van der Waals surface area contributed by atoms with Gasteiger partial charge in [0.25, 0.3) is 0 Å². The van der Waals surface area contributed by atoms with Gasteiger partial charge in [0, 0.05) is 0 Å². The fourth-order valence-electron chi connectivity index (χ4n) is 1.82. The lowest BCUT2D eigenvalue weighted by Crippen LogP contribution is -2.15. The Morgan fingerprint density at radius 2 is 1.64 bits per heavy atom. The highest BCUT2D eigenvalue weighted by Gasteiger charge is 2.43. The molecule has 1 aliphatic heterocycles. The molecule has 1 saturated heterocycles. The van der Waals surface area contributed by atoms with E-state index in [4.69, 9.17) is 9.84 Å². The van der Waals surface area contributed by atoms with Crippen LogP contribution in [0.5, 0.6) is 0 Å². The summed E-state index contributed by atoms with van der Waals surface area (Å²) in [7, 11) is 0. The van der Waals surface area contributed by atoms with Gasteiger partial charge in [0.1, 0.15) is 5.60 Å². The molecule has 0 aliphatic carbocycles. The number of aliphatic hydroxyl groups excluding tert-OH is 1. The van der Waals surface area contributed by atoms with Crippen LogP contribution in [-0.2, 0) is 4.74 Å². The molecule has 14 heavy (non-hydrogen) atoms. The van der Waals surface area contributed by atoms with Crippen LogP contribution in [0.4, 0.5) is 0 Å². The Labute approximate surface area is 87.7 Å². The second-order valence-electron chi connectivity index (χ2n) is 4.50. The van der Waals surface area contributed by atoms with E-state index in [1.54, 1.807) is 0 Å². The molecule has 1 heterocycles. The van der Waals surface area contributed by atoms with Gasteiger partial charge in [-0.3, -0.25) is 0 Å². The molecule has 1 fully saturated rings. The zero-order valence-corrected chi connectivity index (χ0v) is 9.43. The molecule has 0 aromatic heterocycles. The number of ether oxygens (including phenoxy) is 1. The quantitative estimate of drug-likeness (QED) is 0.458. The number of epoxide rings is 1. The summed E-state index contributed by atoms with van der Waals surface area (Å²) in [4.78, 5) is 0. The molecule has 1 atom stereocenters. The van der Waals surface area contributed by atoms with Crippen molar-refractivity contribution in [2.45, 2.75) is 63.9 Å². The zero-order chi connectivity index (χ0) is 10.3. The summed E-state index contributed by atoms with van der Waals surface area (Å²) in [5.41, 5.74) is -0.108. The second kappa shape index (κ2) is 6.41. The molecule has 1 rings (SSSR count). The summed E-state index contributed by atoms with van der Waals surface area (Å²) in [5.74, 6) is 0. The van der Waals surface area contributed by atoms with Gasteiger partial charge in [0.15, 0.2) is 0 Å². The summed E-state index contributed by atoms with van der Waals surface area (Å²) in [6.07, 6.45) is 10.4. The number of hydrogen-bond acceptors (Lipinski definition) is 2. The van der Waals surface area contributed by atoms with Crippen LogP contribution in [-0.4, -0.2) is 23.9 Å². The molecule has 0 spiro atoms. The SMILES string of the molecule is CCCCCCCCC[C@]1(CO)CO1. The van der Waals surface area contributed by atoms with Crippen LogP contribution in [0, 0.1) is 0 Å². The first-order valence-corrected chi connectivity index (χ1v) is 6.08. The van der Waals surface area contributed by atoms with Crippen molar-refractivity contribution < 1.29 is 9.84 Å². The molecule has 0 aromatic carbocycles. The van der Waals surface area contributed by atoms with Gasteiger partial charge in [-0.2, -0.15) is 0 Å². The van der Waals surface area contributed by atoms with E-state index in [1.165, 1.54) is 44.9 Å². The number of aliphatic hydroxyl groups is 1. The topological polar surface area (TPSA) is 32.8 Å². The minimum Gasteiger partial charge on any atom is -0.393 e. The maximum Gasteiger partial charge on any atom is 0.115 e. The molecule has 0 unspecified atom stereocenters. The molecule has 2 heteroatoms. The van der Waals surface area contributed by atoms with Gasteiger partial charge in [-0.05, 0) is 6.42 Å². The van der Waals surface area contributed by atoms with E-state index in [1.807, 2.05) is 0 Å². The van der Waals surface area contributed by atoms with Gasteiger partial charge in [0.05, 0.1) is 13.2 Å². The Balaban J connectivity index is 1.80. The van der Waals surface area contributed by atoms with Gasteiger partial charge < -0.3 is 9.84 Å². The van der Waals surface area contributed by atoms with Crippen LogP contribution >= 0.6 is 0 Å². The van der Waals surface area contributed by atoms with Gasteiger partial charge in [-0.1, -0.05) is 51.9 Å². The van der Waals surface area contributed by atoms with E-state index in [0.29, 0.717) is 0 Å². The van der Waals surface area contributed by atoms with E-state index < -0.39 is 0 Å². The lowest BCUT2D eigenvalue weighted by molar-refractivity contribution is 0.161. The molecule has 2 nitrogen and oxygen atoms in total. The van der Waals surface area contributed by atoms with Crippen LogP contribution in [0.3, 0.4) is 0 Å². The monoisotopic (exact) mass is 200 g/mol. The van der Waals surface area contributed by atoms with Crippen LogP contribution in [0.1, 0.15) is 58.3 Å².